The van der Waals surface area contributed by atoms with Crippen LogP contribution in [0.1, 0.15) is 15.9 Å². The minimum absolute atomic E-state index is 0.113. The SMILES string of the molecule is COc1cccc(-c2ccc(C(F)(F)F)cn2)c1C(=O)O. The molecule has 0 aliphatic heterocycles. The second-order valence-corrected chi connectivity index (χ2v) is 4.12. The van der Waals surface area contributed by atoms with Gasteiger partial charge in [-0.3, -0.25) is 4.98 Å². The lowest BCUT2D eigenvalue weighted by molar-refractivity contribution is -0.137. The van der Waals surface area contributed by atoms with Crippen molar-refractivity contribution in [2.75, 3.05) is 7.11 Å². The normalized spacial score (nSPS) is 11.2. The molecule has 1 heterocycles. The van der Waals surface area contributed by atoms with Crippen LogP contribution in [0.25, 0.3) is 11.3 Å². The molecule has 0 fully saturated rings. The van der Waals surface area contributed by atoms with Crippen LogP contribution in [0.15, 0.2) is 36.5 Å². The molecule has 1 aromatic carbocycles. The van der Waals surface area contributed by atoms with E-state index in [-0.39, 0.29) is 22.6 Å². The molecule has 2 rings (SSSR count). The number of pyridine rings is 1. The number of aromatic nitrogens is 1. The van der Waals surface area contributed by atoms with Crippen molar-refractivity contribution in [3.05, 3.63) is 47.7 Å². The van der Waals surface area contributed by atoms with Crippen LogP contribution in [0.5, 0.6) is 5.75 Å². The summed E-state index contributed by atoms with van der Waals surface area (Å²) in [4.78, 5) is 15.0. The molecule has 0 spiro atoms. The van der Waals surface area contributed by atoms with Crippen LogP contribution in [0.2, 0.25) is 0 Å². The Morgan fingerprint density at radius 3 is 2.43 bits per heavy atom. The molecule has 1 aromatic heterocycles. The van der Waals surface area contributed by atoms with E-state index in [0.717, 1.165) is 12.1 Å². The number of hydrogen-bond acceptors (Lipinski definition) is 3. The summed E-state index contributed by atoms with van der Waals surface area (Å²) < 4.78 is 42.4. The molecule has 0 aliphatic rings. The third-order valence-corrected chi connectivity index (χ3v) is 2.83. The molecule has 0 bridgehead atoms. The van der Waals surface area contributed by atoms with Crippen molar-refractivity contribution >= 4 is 5.97 Å². The van der Waals surface area contributed by atoms with Gasteiger partial charge in [0.2, 0.25) is 0 Å². The summed E-state index contributed by atoms with van der Waals surface area (Å²) in [5.41, 5.74) is -0.729. The van der Waals surface area contributed by atoms with Crippen LogP contribution < -0.4 is 4.74 Å². The Morgan fingerprint density at radius 1 is 1.24 bits per heavy atom. The summed E-state index contributed by atoms with van der Waals surface area (Å²) in [6.45, 7) is 0. The maximum atomic E-state index is 12.5. The van der Waals surface area contributed by atoms with E-state index in [1.165, 1.54) is 19.2 Å². The summed E-state index contributed by atoms with van der Waals surface area (Å²) >= 11 is 0. The molecule has 0 atom stereocenters. The Kier molecular flexibility index (Phi) is 3.84. The van der Waals surface area contributed by atoms with Gasteiger partial charge in [-0.1, -0.05) is 12.1 Å². The van der Waals surface area contributed by atoms with Gasteiger partial charge in [0.1, 0.15) is 11.3 Å². The number of benzene rings is 1. The van der Waals surface area contributed by atoms with Gasteiger partial charge in [0.15, 0.2) is 0 Å². The van der Waals surface area contributed by atoms with E-state index in [4.69, 9.17) is 4.74 Å². The minimum Gasteiger partial charge on any atom is -0.496 e. The largest absolute Gasteiger partial charge is 0.496 e. The van der Waals surface area contributed by atoms with Crippen molar-refractivity contribution in [2.45, 2.75) is 6.18 Å². The zero-order valence-electron chi connectivity index (χ0n) is 10.8. The monoisotopic (exact) mass is 297 g/mol. The summed E-state index contributed by atoms with van der Waals surface area (Å²) in [6.07, 6.45) is -3.82. The number of carbonyl (C=O) groups is 1. The minimum atomic E-state index is -4.49. The third-order valence-electron chi connectivity index (χ3n) is 2.83. The van der Waals surface area contributed by atoms with Gasteiger partial charge in [-0.05, 0) is 18.2 Å². The lowest BCUT2D eigenvalue weighted by Crippen LogP contribution is -2.06. The van der Waals surface area contributed by atoms with Crippen LogP contribution in [-0.4, -0.2) is 23.2 Å². The van der Waals surface area contributed by atoms with Crippen molar-refractivity contribution in [3.8, 4) is 17.0 Å². The fourth-order valence-corrected chi connectivity index (χ4v) is 1.86. The van der Waals surface area contributed by atoms with E-state index in [0.29, 0.717) is 6.20 Å². The highest BCUT2D eigenvalue weighted by molar-refractivity contribution is 5.98. The number of hydrogen-bond donors (Lipinski definition) is 1. The summed E-state index contributed by atoms with van der Waals surface area (Å²) in [5.74, 6) is -1.13. The Labute approximate surface area is 117 Å². The van der Waals surface area contributed by atoms with E-state index in [2.05, 4.69) is 4.98 Å². The van der Waals surface area contributed by atoms with E-state index in [9.17, 15) is 23.1 Å². The molecule has 4 nitrogen and oxygen atoms in total. The second-order valence-electron chi connectivity index (χ2n) is 4.12. The molecule has 110 valence electrons. The van der Waals surface area contributed by atoms with Crippen molar-refractivity contribution in [2.24, 2.45) is 0 Å². The Balaban J connectivity index is 2.54. The fourth-order valence-electron chi connectivity index (χ4n) is 1.86. The second kappa shape index (κ2) is 5.43. The predicted molar refractivity (Wildman–Crippen MR) is 68.2 cm³/mol. The molecule has 21 heavy (non-hydrogen) atoms. The van der Waals surface area contributed by atoms with Crippen LogP contribution in [0.4, 0.5) is 13.2 Å². The van der Waals surface area contributed by atoms with E-state index in [1.807, 2.05) is 0 Å². The van der Waals surface area contributed by atoms with Gasteiger partial charge in [0, 0.05) is 11.8 Å². The van der Waals surface area contributed by atoms with Crippen LogP contribution in [0.3, 0.4) is 0 Å². The predicted octanol–water partition coefficient (Wildman–Crippen LogP) is 3.47. The van der Waals surface area contributed by atoms with E-state index >= 15 is 0 Å². The number of ether oxygens (including phenoxy) is 1. The van der Waals surface area contributed by atoms with E-state index in [1.54, 1.807) is 6.07 Å². The highest BCUT2D eigenvalue weighted by atomic mass is 19.4. The molecule has 0 saturated carbocycles. The summed E-state index contributed by atoms with van der Waals surface area (Å²) in [6, 6.07) is 6.44. The van der Waals surface area contributed by atoms with Gasteiger partial charge < -0.3 is 9.84 Å². The van der Waals surface area contributed by atoms with Gasteiger partial charge in [-0.25, -0.2) is 4.79 Å². The average Bonchev–Trinajstić information content (AvgIpc) is 2.45. The quantitative estimate of drug-likeness (QED) is 0.942. The smallest absolute Gasteiger partial charge is 0.417 e. The number of aromatic carboxylic acids is 1. The number of alkyl halides is 3. The van der Waals surface area contributed by atoms with Gasteiger partial charge in [0.25, 0.3) is 0 Å². The Hall–Kier alpha value is -2.57. The highest BCUT2D eigenvalue weighted by Crippen LogP contribution is 2.32. The number of halogens is 3. The lowest BCUT2D eigenvalue weighted by atomic mass is 10.0. The van der Waals surface area contributed by atoms with Gasteiger partial charge in [-0.15, -0.1) is 0 Å². The Morgan fingerprint density at radius 2 is 1.95 bits per heavy atom. The Bertz CT molecular complexity index is 666. The number of carboxylic acid groups (broad SMARTS) is 1. The molecule has 0 unspecified atom stereocenters. The van der Waals surface area contributed by atoms with Crippen LogP contribution >= 0.6 is 0 Å². The first kappa shape index (κ1) is 14.8. The molecule has 2 aromatic rings. The molecule has 0 amide bonds. The van der Waals surface area contributed by atoms with Gasteiger partial charge in [0.05, 0.1) is 18.4 Å². The molecule has 0 saturated heterocycles. The number of rotatable bonds is 3. The zero-order chi connectivity index (χ0) is 15.6. The maximum absolute atomic E-state index is 12.5. The molecule has 7 heteroatoms. The first-order valence-corrected chi connectivity index (χ1v) is 5.78. The third kappa shape index (κ3) is 2.96. The molecular formula is C14H10F3NO3. The van der Waals surface area contributed by atoms with Crippen molar-refractivity contribution < 1.29 is 27.8 Å². The first-order chi connectivity index (χ1) is 9.84. The molecular weight excluding hydrogens is 287 g/mol. The van der Waals surface area contributed by atoms with Gasteiger partial charge >= 0.3 is 12.1 Å². The van der Waals surface area contributed by atoms with Crippen LogP contribution in [0, 0.1) is 0 Å². The average molecular weight is 297 g/mol. The van der Waals surface area contributed by atoms with Crippen LogP contribution in [-0.2, 0) is 6.18 Å². The van der Waals surface area contributed by atoms with Crippen molar-refractivity contribution in [1.29, 1.82) is 0 Å². The summed E-state index contributed by atoms with van der Waals surface area (Å²) in [5, 5.41) is 9.23. The number of carboxylic acids is 1. The van der Waals surface area contributed by atoms with E-state index < -0.39 is 17.7 Å². The highest BCUT2D eigenvalue weighted by Gasteiger charge is 2.31. The zero-order valence-corrected chi connectivity index (χ0v) is 10.8. The standard InChI is InChI=1S/C14H10F3NO3/c1-21-11-4-2-3-9(12(11)13(19)20)10-6-5-8(7-18-10)14(15,16)17/h2-7H,1H3,(H,19,20). The lowest BCUT2D eigenvalue weighted by Gasteiger charge is -2.11. The van der Waals surface area contributed by atoms with Crippen molar-refractivity contribution in [1.82, 2.24) is 4.98 Å². The molecule has 0 aliphatic carbocycles. The number of methoxy groups -OCH3 is 1. The number of nitrogens with zero attached hydrogens (tertiary/aromatic N) is 1. The topological polar surface area (TPSA) is 59.4 Å². The maximum Gasteiger partial charge on any atom is 0.417 e. The fraction of sp³-hybridized carbons (Fsp3) is 0.143. The first-order valence-electron chi connectivity index (χ1n) is 5.78. The summed E-state index contributed by atoms with van der Waals surface area (Å²) in [7, 11) is 1.31. The molecule has 1 N–H and O–H groups in total. The van der Waals surface area contributed by atoms with Gasteiger partial charge in [-0.2, -0.15) is 13.2 Å². The molecule has 0 radical (unpaired) electrons. The van der Waals surface area contributed by atoms with Crippen molar-refractivity contribution in [3.63, 3.8) is 0 Å².